The van der Waals surface area contributed by atoms with Crippen molar-refractivity contribution in [2.45, 2.75) is 31.8 Å². The van der Waals surface area contributed by atoms with Gasteiger partial charge in [-0.25, -0.2) is 4.98 Å². The second kappa shape index (κ2) is 5.24. The Labute approximate surface area is 112 Å². The van der Waals surface area contributed by atoms with Crippen molar-refractivity contribution in [3.8, 4) is 0 Å². The number of aromatic nitrogens is 1. The zero-order valence-electron chi connectivity index (χ0n) is 10.4. The predicted octanol–water partition coefficient (Wildman–Crippen LogP) is 2.11. The summed E-state index contributed by atoms with van der Waals surface area (Å²) >= 11 is 5.70. The van der Waals surface area contributed by atoms with Crippen molar-refractivity contribution in [2.24, 2.45) is 0 Å². The molecule has 2 rings (SSSR count). The molecule has 1 N–H and O–H groups in total. The van der Waals surface area contributed by atoms with Crippen LogP contribution in [0.3, 0.4) is 0 Å². The van der Waals surface area contributed by atoms with Crippen LogP contribution in [0.2, 0.25) is 5.15 Å². The van der Waals surface area contributed by atoms with E-state index in [1.54, 1.807) is 17.0 Å². The maximum atomic E-state index is 12.2. The molecule has 1 unspecified atom stereocenters. The van der Waals surface area contributed by atoms with Crippen LogP contribution in [0.15, 0.2) is 18.3 Å². The van der Waals surface area contributed by atoms with Crippen molar-refractivity contribution in [1.82, 2.24) is 9.88 Å². The monoisotopic (exact) mass is 268 g/mol. The molecule has 1 atom stereocenters. The quantitative estimate of drug-likeness (QED) is 0.794. The Kier molecular flexibility index (Phi) is 3.88. The fraction of sp³-hybridized carbons (Fsp3) is 0.538. The Morgan fingerprint density at radius 1 is 1.44 bits per heavy atom. The van der Waals surface area contributed by atoms with Crippen molar-refractivity contribution in [3.05, 3.63) is 29.0 Å². The van der Waals surface area contributed by atoms with Gasteiger partial charge in [0.2, 0.25) is 0 Å². The lowest BCUT2D eigenvalue weighted by Gasteiger charge is -2.22. The molecule has 1 fully saturated rings. The summed E-state index contributed by atoms with van der Waals surface area (Å²) in [4.78, 5) is 17.9. The number of halogens is 1. The first-order chi connectivity index (χ1) is 8.48. The van der Waals surface area contributed by atoms with Gasteiger partial charge in [0.05, 0.1) is 11.2 Å². The SMILES string of the molecule is CC1(O)CCCN(C(=O)c2ccc(Cl)nc2)CC1. The van der Waals surface area contributed by atoms with Crippen molar-refractivity contribution in [2.75, 3.05) is 13.1 Å². The molecule has 2 heterocycles. The van der Waals surface area contributed by atoms with Crippen LogP contribution in [0, 0.1) is 0 Å². The zero-order valence-corrected chi connectivity index (χ0v) is 11.2. The van der Waals surface area contributed by atoms with Crippen LogP contribution in [0.4, 0.5) is 0 Å². The van der Waals surface area contributed by atoms with Gasteiger partial charge in [0.25, 0.3) is 5.91 Å². The maximum absolute atomic E-state index is 12.2. The molecule has 1 amide bonds. The Balaban J connectivity index is 2.07. The minimum absolute atomic E-state index is 0.0446. The third kappa shape index (κ3) is 3.21. The average molecular weight is 269 g/mol. The number of aliphatic hydroxyl groups is 1. The van der Waals surface area contributed by atoms with E-state index in [1.807, 2.05) is 6.92 Å². The number of nitrogens with zero attached hydrogens (tertiary/aromatic N) is 2. The van der Waals surface area contributed by atoms with E-state index in [0.717, 1.165) is 12.8 Å². The van der Waals surface area contributed by atoms with E-state index >= 15 is 0 Å². The molecule has 1 aromatic rings. The topological polar surface area (TPSA) is 53.4 Å². The van der Waals surface area contributed by atoms with Crippen LogP contribution in [0.25, 0.3) is 0 Å². The molecule has 0 aromatic carbocycles. The van der Waals surface area contributed by atoms with Crippen LogP contribution < -0.4 is 0 Å². The fourth-order valence-electron chi connectivity index (χ4n) is 2.15. The zero-order chi connectivity index (χ0) is 13.2. The highest BCUT2D eigenvalue weighted by atomic mass is 35.5. The summed E-state index contributed by atoms with van der Waals surface area (Å²) in [6.45, 7) is 3.08. The Hall–Kier alpha value is -1.13. The van der Waals surface area contributed by atoms with Crippen molar-refractivity contribution in [1.29, 1.82) is 0 Å². The highest BCUT2D eigenvalue weighted by Crippen LogP contribution is 2.22. The first-order valence-electron chi connectivity index (χ1n) is 6.11. The summed E-state index contributed by atoms with van der Waals surface area (Å²) < 4.78 is 0. The molecule has 98 valence electrons. The lowest BCUT2D eigenvalue weighted by Crippen LogP contribution is -2.33. The largest absolute Gasteiger partial charge is 0.390 e. The molecule has 0 spiro atoms. The van der Waals surface area contributed by atoms with Crippen LogP contribution in [-0.4, -0.2) is 39.6 Å². The number of carbonyl (C=O) groups excluding carboxylic acids is 1. The number of likely N-dealkylation sites (tertiary alicyclic amines) is 1. The molecule has 0 saturated carbocycles. The van der Waals surface area contributed by atoms with Gasteiger partial charge < -0.3 is 10.0 Å². The molecule has 0 aliphatic carbocycles. The molecule has 18 heavy (non-hydrogen) atoms. The van der Waals surface area contributed by atoms with Gasteiger partial charge >= 0.3 is 0 Å². The van der Waals surface area contributed by atoms with Crippen LogP contribution in [0.5, 0.6) is 0 Å². The van der Waals surface area contributed by atoms with E-state index in [-0.39, 0.29) is 5.91 Å². The minimum Gasteiger partial charge on any atom is -0.390 e. The van der Waals surface area contributed by atoms with E-state index in [9.17, 15) is 9.90 Å². The summed E-state index contributed by atoms with van der Waals surface area (Å²) in [5.41, 5.74) is -0.117. The molecular formula is C13H17ClN2O2. The summed E-state index contributed by atoms with van der Waals surface area (Å²) in [7, 11) is 0. The van der Waals surface area contributed by atoms with E-state index in [1.165, 1.54) is 6.20 Å². The van der Waals surface area contributed by atoms with Gasteiger partial charge in [0.15, 0.2) is 0 Å². The smallest absolute Gasteiger partial charge is 0.255 e. The van der Waals surface area contributed by atoms with Crippen molar-refractivity contribution >= 4 is 17.5 Å². The first kappa shape index (κ1) is 13.3. The molecular weight excluding hydrogens is 252 g/mol. The third-order valence-electron chi connectivity index (χ3n) is 3.33. The Bertz CT molecular complexity index is 431. The summed E-state index contributed by atoms with van der Waals surface area (Å²) in [6.07, 6.45) is 3.66. The van der Waals surface area contributed by atoms with Gasteiger partial charge in [0.1, 0.15) is 5.15 Å². The summed E-state index contributed by atoms with van der Waals surface area (Å²) in [5, 5.41) is 10.4. The van der Waals surface area contributed by atoms with Crippen molar-refractivity contribution < 1.29 is 9.90 Å². The van der Waals surface area contributed by atoms with E-state index in [0.29, 0.717) is 30.2 Å². The van der Waals surface area contributed by atoms with Gasteiger partial charge in [0, 0.05) is 19.3 Å². The summed E-state index contributed by atoms with van der Waals surface area (Å²) in [6, 6.07) is 3.30. The van der Waals surface area contributed by atoms with Crippen LogP contribution in [-0.2, 0) is 0 Å². The average Bonchev–Trinajstić information content (AvgIpc) is 2.50. The number of amides is 1. The van der Waals surface area contributed by atoms with Gasteiger partial charge in [-0.05, 0) is 38.3 Å². The molecule has 1 saturated heterocycles. The number of pyridine rings is 1. The predicted molar refractivity (Wildman–Crippen MR) is 69.6 cm³/mol. The van der Waals surface area contributed by atoms with Crippen LogP contribution in [0.1, 0.15) is 36.5 Å². The highest BCUT2D eigenvalue weighted by molar-refractivity contribution is 6.29. The minimum atomic E-state index is -0.659. The van der Waals surface area contributed by atoms with E-state index in [2.05, 4.69) is 4.98 Å². The molecule has 1 aliphatic rings. The Morgan fingerprint density at radius 2 is 2.22 bits per heavy atom. The van der Waals surface area contributed by atoms with Gasteiger partial charge in [-0.1, -0.05) is 11.6 Å². The van der Waals surface area contributed by atoms with Gasteiger partial charge in [-0.15, -0.1) is 0 Å². The molecule has 0 radical (unpaired) electrons. The third-order valence-corrected chi connectivity index (χ3v) is 3.55. The lowest BCUT2D eigenvalue weighted by atomic mass is 9.98. The molecule has 4 nitrogen and oxygen atoms in total. The number of carbonyl (C=O) groups is 1. The fourth-order valence-corrected chi connectivity index (χ4v) is 2.26. The van der Waals surface area contributed by atoms with Gasteiger partial charge in [-0.3, -0.25) is 4.79 Å². The molecule has 1 aliphatic heterocycles. The van der Waals surface area contributed by atoms with E-state index < -0.39 is 5.60 Å². The van der Waals surface area contributed by atoms with E-state index in [4.69, 9.17) is 11.6 Å². The molecule has 0 bridgehead atoms. The highest BCUT2D eigenvalue weighted by Gasteiger charge is 2.27. The maximum Gasteiger partial charge on any atom is 0.255 e. The molecule has 5 heteroatoms. The second-order valence-corrected chi connectivity index (χ2v) is 5.40. The number of hydrogen-bond donors (Lipinski definition) is 1. The standard InChI is InChI=1S/C13H17ClN2O2/c1-13(18)5-2-7-16(8-6-13)12(17)10-3-4-11(14)15-9-10/h3-4,9,18H,2,5-8H2,1H3. The normalized spacial score (nSPS) is 24.7. The summed E-state index contributed by atoms with van der Waals surface area (Å²) in [5.74, 6) is -0.0446. The lowest BCUT2D eigenvalue weighted by molar-refractivity contribution is 0.0438. The van der Waals surface area contributed by atoms with Crippen LogP contribution >= 0.6 is 11.6 Å². The molecule has 1 aromatic heterocycles. The van der Waals surface area contributed by atoms with Gasteiger partial charge in [-0.2, -0.15) is 0 Å². The first-order valence-corrected chi connectivity index (χ1v) is 6.49. The Morgan fingerprint density at radius 3 is 2.89 bits per heavy atom. The number of hydrogen-bond acceptors (Lipinski definition) is 3. The van der Waals surface area contributed by atoms with Crippen molar-refractivity contribution in [3.63, 3.8) is 0 Å². The number of rotatable bonds is 1. The second-order valence-electron chi connectivity index (χ2n) is 5.01.